The van der Waals surface area contributed by atoms with Crippen molar-refractivity contribution in [3.63, 3.8) is 0 Å². The van der Waals surface area contributed by atoms with Crippen LogP contribution in [0.15, 0.2) is 21.2 Å². The summed E-state index contributed by atoms with van der Waals surface area (Å²) in [6.07, 6.45) is -2.75. The van der Waals surface area contributed by atoms with Crippen LogP contribution in [0.25, 0.3) is 11.1 Å². The second kappa shape index (κ2) is 7.97. The van der Waals surface area contributed by atoms with Gasteiger partial charge in [0.2, 0.25) is 0 Å². The van der Waals surface area contributed by atoms with Crippen molar-refractivity contribution < 1.29 is 27.0 Å². The Bertz CT molecular complexity index is 1100. The van der Waals surface area contributed by atoms with Crippen LogP contribution in [-0.2, 0) is 12.6 Å². The molecule has 0 radical (unpaired) electrons. The van der Waals surface area contributed by atoms with Crippen LogP contribution in [0.1, 0.15) is 78.6 Å². The third-order valence-corrected chi connectivity index (χ3v) is 5.61. The van der Waals surface area contributed by atoms with E-state index in [0.717, 1.165) is 6.07 Å². The summed E-state index contributed by atoms with van der Waals surface area (Å²) in [7, 11) is 0. The minimum Gasteiger partial charge on any atom is -0.361 e. The highest BCUT2D eigenvalue weighted by Gasteiger charge is 2.38. The lowest BCUT2D eigenvalue weighted by Gasteiger charge is -2.31. The normalized spacial score (nSPS) is 17.6. The van der Waals surface area contributed by atoms with Crippen LogP contribution in [0.3, 0.4) is 0 Å². The van der Waals surface area contributed by atoms with Crippen molar-refractivity contribution in [2.45, 2.75) is 58.0 Å². The second-order valence-corrected chi connectivity index (χ2v) is 8.12. The molecule has 0 aromatic carbocycles. The molecule has 1 aliphatic rings. The number of pyridine rings is 1. The van der Waals surface area contributed by atoms with Crippen molar-refractivity contribution >= 4 is 17.0 Å². The van der Waals surface area contributed by atoms with E-state index < -0.39 is 17.7 Å². The Kier molecular flexibility index (Phi) is 5.49. The summed E-state index contributed by atoms with van der Waals surface area (Å²) in [5.74, 6) is -0.305. The number of halogens is 3. The lowest BCUT2D eigenvalue weighted by atomic mass is 9.91. The van der Waals surface area contributed by atoms with Gasteiger partial charge in [0.25, 0.3) is 11.6 Å². The Balaban J connectivity index is 1.69. The average Bonchev–Trinajstić information content (AvgIpc) is 3.39. The van der Waals surface area contributed by atoms with Gasteiger partial charge in [-0.1, -0.05) is 31.1 Å². The van der Waals surface area contributed by atoms with E-state index in [0.29, 0.717) is 37.3 Å². The number of nitrogens with zero attached hydrogens (tertiary/aromatic N) is 4. The molecular formula is C21H23F3N4O3. The number of rotatable bonds is 4. The molecule has 1 saturated heterocycles. The summed E-state index contributed by atoms with van der Waals surface area (Å²) in [4.78, 5) is 18.6. The number of hydrogen-bond acceptors (Lipinski definition) is 6. The largest absolute Gasteiger partial charge is 0.417 e. The first-order chi connectivity index (χ1) is 14.7. The number of amides is 1. The molecule has 1 amide bonds. The molecule has 0 N–H and O–H groups in total. The summed E-state index contributed by atoms with van der Waals surface area (Å²) in [5.41, 5.74) is -0.245. The van der Waals surface area contributed by atoms with Crippen molar-refractivity contribution in [2.24, 2.45) is 0 Å². The highest BCUT2D eigenvalue weighted by Crippen LogP contribution is 2.40. The average molecular weight is 436 g/mol. The molecule has 0 bridgehead atoms. The predicted molar refractivity (Wildman–Crippen MR) is 105 cm³/mol. The number of carbonyl (C=O) groups excluding carboxylic acids is 1. The summed E-state index contributed by atoms with van der Waals surface area (Å²) >= 11 is 0. The molecule has 166 valence electrons. The third kappa shape index (κ3) is 4.03. The molecule has 4 rings (SSSR count). The van der Waals surface area contributed by atoms with E-state index in [1.807, 2.05) is 6.92 Å². The Morgan fingerprint density at radius 2 is 2.03 bits per heavy atom. The molecule has 3 aromatic heterocycles. The van der Waals surface area contributed by atoms with Gasteiger partial charge in [0, 0.05) is 37.2 Å². The molecule has 31 heavy (non-hydrogen) atoms. The lowest BCUT2D eigenvalue weighted by Crippen LogP contribution is -2.39. The SMILES string of the molecule is CCc1cc(C(=O)N2CCC[C@H](c3noc4nc(C(C)C)cc(C(F)(F)F)c34)C2)no1. The molecule has 1 fully saturated rings. The van der Waals surface area contributed by atoms with Gasteiger partial charge in [-0.2, -0.15) is 13.2 Å². The van der Waals surface area contributed by atoms with Gasteiger partial charge in [0.15, 0.2) is 5.69 Å². The molecular weight excluding hydrogens is 413 g/mol. The molecule has 1 atom stereocenters. The van der Waals surface area contributed by atoms with E-state index in [2.05, 4.69) is 15.3 Å². The van der Waals surface area contributed by atoms with Crippen molar-refractivity contribution in [3.8, 4) is 0 Å². The molecule has 0 spiro atoms. The van der Waals surface area contributed by atoms with Gasteiger partial charge in [-0.3, -0.25) is 4.79 Å². The van der Waals surface area contributed by atoms with E-state index in [1.165, 1.54) is 0 Å². The number of aryl methyl sites for hydroxylation is 1. The van der Waals surface area contributed by atoms with Gasteiger partial charge in [-0.15, -0.1) is 0 Å². The monoisotopic (exact) mass is 436 g/mol. The maximum atomic E-state index is 13.9. The van der Waals surface area contributed by atoms with Crippen molar-refractivity contribution in [1.29, 1.82) is 0 Å². The van der Waals surface area contributed by atoms with E-state index >= 15 is 0 Å². The van der Waals surface area contributed by atoms with E-state index in [1.54, 1.807) is 24.8 Å². The van der Waals surface area contributed by atoms with Gasteiger partial charge in [-0.05, 0) is 24.8 Å². The Morgan fingerprint density at radius 3 is 2.68 bits per heavy atom. The predicted octanol–water partition coefficient (Wildman–Crippen LogP) is 4.94. The van der Waals surface area contributed by atoms with Crippen molar-refractivity contribution in [1.82, 2.24) is 20.2 Å². The van der Waals surface area contributed by atoms with Crippen LogP contribution in [0.4, 0.5) is 13.2 Å². The summed E-state index contributed by atoms with van der Waals surface area (Å²) in [5, 5.41) is 7.66. The van der Waals surface area contributed by atoms with Crippen LogP contribution in [0, 0.1) is 0 Å². The summed E-state index contributed by atoms with van der Waals surface area (Å²) in [6, 6.07) is 2.66. The molecule has 0 aliphatic carbocycles. The number of aromatic nitrogens is 3. The lowest BCUT2D eigenvalue weighted by molar-refractivity contribution is -0.136. The van der Waals surface area contributed by atoms with Gasteiger partial charge >= 0.3 is 6.18 Å². The first-order valence-corrected chi connectivity index (χ1v) is 10.3. The van der Waals surface area contributed by atoms with Crippen LogP contribution in [-0.4, -0.2) is 39.2 Å². The number of carbonyl (C=O) groups is 1. The Morgan fingerprint density at radius 1 is 1.26 bits per heavy atom. The smallest absolute Gasteiger partial charge is 0.361 e. The highest BCUT2D eigenvalue weighted by atomic mass is 19.4. The fourth-order valence-electron chi connectivity index (χ4n) is 3.92. The molecule has 0 unspecified atom stereocenters. The maximum absolute atomic E-state index is 13.9. The van der Waals surface area contributed by atoms with Gasteiger partial charge in [-0.25, -0.2) is 4.98 Å². The topological polar surface area (TPSA) is 85.3 Å². The van der Waals surface area contributed by atoms with Crippen molar-refractivity contribution in [2.75, 3.05) is 13.1 Å². The molecule has 3 aromatic rings. The quantitative estimate of drug-likeness (QED) is 0.576. The summed E-state index contributed by atoms with van der Waals surface area (Å²) in [6.45, 7) is 6.13. The molecule has 4 heterocycles. The van der Waals surface area contributed by atoms with E-state index in [4.69, 9.17) is 9.05 Å². The van der Waals surface area contributed by atoms with Crippen LogP contribution in [0.2, 0.25) is 0 Å². The van der Waals surface area contributed by atoms with Crippen molar-refractivity contribution in [3.05, 3.63) is 40.5 Å². The minimum atomic E-state index is -4.58. The van der Waals surface area contributed by atoms with Gasteiger partial charge in [0.1, 0.15) is 5.76 Å². The Hall–Kier alpha value is -2.91. The zero-order chi connectivity index (χ0) is 22.3. The first-order valence-electron chi connectivity index (χ1n) is 10.3. The van der Waals surface area contributed by atoms with Gasteiger partial charge in [0.05, 0.1) is 16.6 Å². The standard InChI is InChI=1S/C21H23F3N4O3/c1-4-13-8-16(26-30-13)20(29)28-7-5-6-12(10-28)18-17-14(21(22,23)24)9-15(11(2)3)25-19(17)31-27-18/h8-9,11-12H,4-7,10H2,1-3H3/t12-/m0/s1. The third-order valence-electron chi connectivity index (χ3n) is 5.61. The maximum Gasteiger partial charge on any atom is 0.417 e. The number of piperidine rings is 1. The number of likely N-dealkylation sites (tertiary alicyclic amines) is 1. The Labute approximate surface area is 176 Å². The van der Waals surface area contributed by atoms with Crippen LogP contribution >= 0.6 is 0 Å². The second-order valence-electron chi connectivity index (χ2n) is 8.12. The molecule has 1 aliphatic heterocycles. The number of alkyl halides is 3. The fraction of sp³-hybridized carbons (Fsp3) is 0.524. The zero-order valence-corrected chi connectivity index (χ0v) is 17.5. The van der Waals surface area contributed by atoms with Crippen LogP contribution in [0.5, 0.6) is 0 Å². The fourth-order valence-corrected chi connectivity index (χ4v) is 3.92. The summed E-state index contributed by atoms with van der Waals surface area (Å²) < 4.78 is 51.9. The first kappa shape index (κ1) is 21.3. The molecule has 7 nitrogen and oxygen atoms in total. The molecule has 10 heteroatoms. The van der Waals surface area contributed by atoms with E-state index in [9.17, 15) is 18.0 Å². The van der Waals surface area contributed by atoms with Gasteiger partial charge < -0.3 is 13.9 Å². The zero-order valence-electron chi connectivity index (χ0n) is 17.5. The number of hydrogen-bond donors (Lipinski definition) is 0. The highest BCUT2D eigenvalue weighted by molar-refractivity contribution is 5.92. The van der Waals surface area contributed by atoms with Crippen LogP contribution < -0.4 is 0 Å². The number of fused-ring (bicyclic) bond motifs is 1. The minimum absolute atomic E-state index is 0.120. The van der Waals surface area contributed by atoms with E-state index in [-0.39, 0.29) is 40.9 Å². The molecule has 0 saturated carbocycles.